The summed E-state index contributed by atoms with van der Waals surface area (Å²) in [4.78, 5) is 12.8. The van der Waals surface area contributed by atoms with E-state index in [-0.39, 0.29) is 5.57 Å². The van der Waals surface area contributed by atoms with Crippen LogP contribution in [-0.4, -0.2) is 29.6 Å². The van der Waals surface area contributed by atoms with Gasteiger partial charge in [0.2, 0.25) is 0 Å². The first-order valence-electron chi connectivity index (χ1n) is 8.21. The average molecular weight is 305 g/mol. The molecule has 3 heteroatoms. The number of nitrogens with zero attached hydrogens (tertiary/aromatic N) is 1. The van der Waals surface area contributed by atoms with Gasteiger partial charge in [0.1, 0.15) is 0 Å². The Hall–Kier alpha value is -1.77. The van der Waals surface area contributed by atoms with Gasteiger partial charge in [0.25, 0.3) is 0 Å². The van der Waals surface area contributed by atoms with Crippen LogP contribution in [0.25, 0.3) is 0 Å². The van der Waals surface area contributed by atoms with Gasteiger partial charge in [-0.3, -0.25) is 0 Å². The van der Waals surface area contributed by atoms with E-state index >= 15 is 0 Å². The molecule has 0 aliphatic carbocycles. The molecular weight excluding hydrogens is 274 g/mol. The van der Waals surface area contributed by atoms with Gasteiger partial charge in [-0.15, -0.1) is 0 Å². The summed E-state index contributed by atoms with van der Waals surface area (Å²) in [5.74, 6) is -0.952. The maximum absolute atomic E-state index is 10.8. The van der Waals surface area contributed by atoms with Crippen LogP contribution in [0.1, 0.15) is 51.9 Å². The Morgan fingerprint density at radius 2 is 1.82 bits per heavy atom. The van der Waals surface area contributed by atoms with E-state index in [4.69, 9.17) is 5.11 Å². The highest BCUT2D eigenvalue weighted by Gasteiger charge is 1.98. The zero-order chi connectivity index (χ0) is 16.6. The molecule has 0 aliphatic heterocycles. The molecule has 0 aromatic heterocycles. The normalized spacial score (nSPS) is 12.2. The van der Waals surface area contributed by atoms with Crippen molar-refractivity contribution in [2.45, 2.75) is 51.9 Å². The number of allylic oxidation sites excluding steroid dienone is 4. The van der Waals surface area contributed by atoms with Gasteiger partial charge < -0.3 is 10.0 Å². The molecule has 3 nitrogen and oxygen atoms in total. The third-order valence-corrected chi connectivity index (χ3v) is 3.36. The van der Waals surface area contributed by atoms with Crippen molar-refractivity contribution in [3.63, 3.8) is 0 Å². The standard InChI is InChI=1S/C19H31NO2/c1-4-6-7-8-9-10-11-12-13-16-20(3)17-14-15-18(5-2)19(21)22/h5,10-11,14-15,17H,2,4,6-9,12-13,16H2,1,3H3,(H,21,22). The fraction of sp³-hybridized carbons (Fsp3) is 0.526. The molecular formula is C19H31NO2. The first-order valence-corrected chi connectivity index (χ1v) is 8.21. The Balaban J connectivity index is 3.77. The van der Waals surface area contributed by atoms with E-state index < -0.39 is 5.97 Å². The maximum Gasteiger partial charge on any atom is 0.335 e. The van der Waals surface area contributed by atoms with Gasteiger partial charge in [-0.05, 0) is 44.0 Å². The number of carbonyl (C=O) groups is 1. The van der Waals surface area contributed by atoms with Gasteiger partial charge in [-0.25, -0.2) is 4.79 Å². The minimum Gasteiger partial charge on any atom is -0.478 e. The van der Waals surface area contributed by atoms with Gasteiger partial charge in [0.15, 0.2) is 0 Å². The van der Waals surface area contributed by atoms with Crippen molar-refractivity contribution in [3.05, 3.63) is 48.7 Å². The summed E-state index contributed by atoms with van der Waals surface area (Å²) in [6, 6.07) is 0. The Labute approximate surface area is 135 Å². The molecule has 0 unspecified atom stereocenters. The zero-order valence-electron chi connectivity index (χ0n) is 14.1. The number of aliphatic carboxylic acids is 1. The van der Waals surface area contributed by atoms with E-state index in [0.717, 1.165) is 19.4 Å². The molecule has 0 rings (SSSR count). The van der Waals surface area contributed by atoms with Crippen LogP contribution in [0, 0.1) is 0 Å². The first kappa shape index (κ1) is 20.2. The van der Waals surface area contributed by atoms with Gasteiger partial charge >= 0.3 is 5.97 Å². The lowest BCUT2D eigenvalue weighted by Gasteiger charge is -2.12. The Morgan fingerprint density at radius 3 is 2.41 bits per heavy atom. The van der Waals surface area contributed by atoms with Crippen molar-refractivity contribution in [2.24, 2.45) is 0 Å². The molecule has 0 aromatic carbocycles. The number of hydrogen-bond donors (Lipinski definition) is 1. The number of rotatable bonds is 13. The van der Waals surface area contributed by atoms with Gasteiger partial charge in [0.05, 0.1) is 5.57 Å². The largest absolute Gasteiger partial charge is 0.478 e. The summed E-state index contributed by atoms with van der Waals surface area (Å²) in [6.07, 6.45) is 19.8. The molecule has 0 saturated heterocycles. The summed E-state index contributed by atoms with van der Waals surface area (Å²) in [6.45, 7) is 6.67. The summed E-state index contributed by atoms with van der Waals surface area (Å²) in [5, 5.41) is 8.84. The minimum atomic E-state index is -0.952. The van der Waals surface area contributed by atoms with Crippen molar-refractivity contribution in [3.8, 4) is 0 Å². The van der Waals surface area contributed by atoms with Crippen LogP contribution in [0.2, 0.25) is 0 Å². The van der Waals surface area contributed by atoms with E-state index in [9.17, 15) is 4.79 Å². The van der Waals surface area contributed by atoms with Crippen LogP contribution in [0.15, 0.2) is 48.7 Å². The van der Waals surface area contributed by atoms with Crippen LogP contribution in [-0.2, 0) is 4.79 Å². The Bertz CT molecular complexity index is 394. The maximum atomic E-state index is 10.8. The van der Waals surface area contributed by atoms with Crippen molar-refractivity contribution in [1.29, 1.82) is 0 Å². The SMILES string of the molecule is C=CC(=CC=CN(C)CCCC=CCCCCCC)C(=O)O. The highest BCUT2D eigenvalue weighted by atomic mass is 16.4. The fourth-order valence-corrected chi connectivity index (χ4v) is 1.98. The van der Waals surface area contributed by atoms with E-state index in [1.54, 1.807) is 12.2 Å². The van der Waals surface area contributed by atoms with Gasteiger partial charge in [0, 0.05) is 13.6 Å². The number of carboxylic acid groups (broad SMARTS) is 1. The van der Waals surface area contributed by atoms with Crippen molar-refractivity contribution in [1.82, 2.24) is 4.90 Å². The third kappa shape index (κ3) is 12.0. The van der Waals surface area contributed by atoms with Crippen LogP contribution >= 0.6 is 0 Å². The summed E-state index contributed by atoms with van der Waals surface area (Å²) in [5.41, 5.74) is 0.204. The zero-order valence-corrected chi connectivity index (χ0v) is 14.1. The molecule has 0 heterocycles. The van der Waals surface area contributed by atoms with E-state index in [2.05, 4.69) is 30.6 Å². The predicted octanol–water partition coefficient (Wildman–Crippen LogP) is 4.94. The topological polar surface area (TPSA) is 40.5 Å². The highest BCUT2D eigenvalue weighted by Crippen LogP contribution is 2.04. The van der Waals surface area contributed by atoms with Crippen LogP contribution in [0.3, 0.4) is 0 Å². The van der Waals surface area contributed by atoms with E-state index in [0.29, 0.717) is 0 Å². The number of unbranched alkanes of at least 4 members (excludes halogenated alkanes) is 5. The van der Waals surface area contributed by atoms with Crippen molar-refractivity contribution < 1.29 is 9.90 Å². The van der Waals surface area contributed by atoms with Crippen LogP contribution in [0.5, 0.6) is 0 Å². The quantitative estimate of drug-likeness (QED) is 0.227. The lowest BCUT2D eigenvalue weighted by atomic mass is 10.1. The molecule has 124 valence electrons. The molecule has 0 fully saturated rings. The number of hydrogen-bond acceptors (Lipinski definition) is 2. The van der Waals surface area contributed by atoms with Gasteiger partial charge in [-0.1, -0.05) is 51.0 Å². The molecule has 0 spiro atoms. The second-order valence-electron chi connectivity index (χ2n) is 5.42. The van der Waals surface area contributed by atoms with E-state index in [1.807, 2.05) is 13.2 Å². The number of carboxylic acids is 1. The lowest BCUT2D eigenvalue weighted by Crippen LogP contribution is -2.11. The smallest absolute Gasteiger partial charge is 0.335 e. The second kappa shape index (κ2) is 14.2. The Morgan fingerprint density at radius 1 is 1.14 bits per heavy atom. The summed E-state index contributed by atoms with van der Waals surface area (Å²) in [7, 11) is 1.99. The predicted molar refractivity (Wildman–Crippen MR) is 94.8 cm³/mol. The fourth-order valence-electron chi connectivity index (χ4n) is 1.98. The monoisotopic (exact) mass is 305 g/mol. The third-order valence-electron chi connectivity index (χ3n) is 3.36. The first-order chi connectivity index (χ1) is 10.6. The molecule has 0 aromatic rings. The van der Waals surface area contributed by atoms with Crippen molar-refractivity contribution in [2.75, 3.05) is 13.6 Å². The molecule has 1 N–H and O–H groups in total. The molecule has 0 atom stereocenters. The second-order valence-corrected chi connectivity index (χ2v) is 5.42. The highest BCUT2D eigenvalue weighted by molar-refractivity contribution is 5.89. The minimum absolute atomic E-state index is 0.204. The Kier molecular flexibility index (Phi) is 13.0. The van der Waals surface area contributed by atoms with Crippen LogP contribution in [0.4, 0.5) is 0 Å². The van der Waals surface area contributed by atoms with Crippen molar-refractivity contribution >= 4 is 5.97 Å². The molecule has 0 bridgehead atoms. The molecule has 0 amide bonds. The molecule has 0 saturated carbocycles. The van der Waals surface area contributed by atoms with E-state index in [1.165, 1.54) is 38.2 Å². The molecule has 0 aliphatic rings. The lowest BCUT2D eigenvalue weighted by molar-refractivity contribution is -0.132. The molecule has 22 heavy (non-hydrogen) atoms. The van der Waals surface area contributed by atoms with Crippen LogP contribution < -0.4 is 0 Å². The van der Waals surface area contributed by atoms with Gasteiger partial charge in [-0.2, -0.15) is 0 Å². The summed E-state index contributed by atoms with van der Waals surface area (Å²) < 4.78 is 0. The average Bonchev–Trinajstić information content (AvgIpc) is 2.49. The summed E-state index contributed by atoms with van der Waals surface area (Å²) >= 11 is 0. The molecule has 0 radical (unpaired) electrons.